The molecular formula is C21H21F3N4O3. The lowest BCUT2D eigenvalue weighted by Crippen LogP contribution is -2.41. The number of aromatic amines is 1. The minimum Gasteiger partial charge on any atom is -0.338 e. The van der Waals surface area contributed by atoms with Gasteiger partial charge in [0.15, 0.2) is 0 Å². The number of carbonyl (C=O) groups excluding carboxylic acids is 1. The van der Waals surface area contributed by atoms with E-state index in [0.717, 1.165) is 11.6 Å². The minimum atomic E-state index is -4.59. The summed E-state index contributed by atoms with van der Waals surface area (Å²) < 4.78 is 46.0. The van der Waals surface area contributed by atoms with Crippen LogP contribution in [0.4, 0.5) is 13.2 Å². The molecule has 0 aromatic carbocycles. The van der Waals surface area contributed by atoms with Crippen LogP contribution < -0.4 is 5.56 Å². The predicted molar refractivity (Wildman–Crippen MR) is 106 cm³/mol. The Morgan fingerprint density at radius 1 is 1.26 bits per heavy atom. The zero-order valence-electron chi connectivity index (χ0n) is 17.3. The SMILES string of the molecule is Cc1cc(C(=O)N2CCCC(c3cc(C(F)(F)F)c4c(C)noc4n3)C2)c(=O)[nH]c1C. The summed E-state index contributed by atoms with van der Waals surface area (Å²) >= 11 is 0. The van der Waals surface area contributed by atoms with Crippen molar-refractivity contribution in [1.29, 1.82) is 0 Å². The third-order valence-corrected chi connectivity index (χ3v) is 5.80. The highest BCUT2D eigenvalue weighted by Crippen LogP contribution is 2.38. The monoisotopic (exact) mass is 434 g/mol. The molecular weight excluding hydrogens is 413 g/mol. The van der Waals surface area contributed by atoms with Gasteiger partial charge < -0.3 is 14.4 Å². The molecule has 4 heterocycles. The maximum Gasteiger partial charge on any atom is 0.417 e. The van der Waals surface area contributed by atoms with Crippen molar-refractivity contribution < 1.29 is 22.5 Å². The summed E-state index contributed by atoms with van der Waals surface area (Å²) in [6, 6.07) is 2.57. The van der Waals surface area contributed by atoms with Gasteiger partial charge in [-0.05, 0) is 51.3 Å². The number of likely N-dealkylation sites (tertiary alicyclic amines) is 1. The van der Waals surface area contributed by atoms with Gasteiger partial charge in [0.1, 0.15) is 5.56 Å². The van der Waals surface area contributed by atoms with E-state index in [2.05, 4.69) is 15.1 Å². The number of hydrogen-bond donors (Lipinski definition) is 1. The van der Waals surface area contributed by atoms with E-state index in [1.807, 2.05) is 0 Å². The van der Waals surface area contributed by atoms with E-state index in [1.165, 1.54) is 11.8 Å². The molecule has 10 heteroatoms. The first-order chi connectivity index (χ1) is 14.6. The van der Waals surface area contributed by atoms with Crippen LogP contribution in [0.3, 0.4) is 0 Å². The quantitative estimate of drug-likeness (QED) is 0.661. The Labute approximate surface area is 175 Å². The Kier molecular flexibility index (Phi) is 5.10. The molecule has 1 aliphatic heterocycles. The van der Waals surface area contributed by atoms with Gasteiger partial charge in [-0.25, -0.2) is 4.98 Å². The molecule has 1 N–H and O–H groups in total. The number of rotatable bonds is 2. The van der Waals surface area contributed by atoms with E-state index >= 15 is 0 Å². The van der Waals surface area contributed by atoms with Crippen LogP contribution in [0.5, 0.6) is 0 Å². The van der Waals surface area contributed by atoms with Gasteiger partial charge in [-0.3, -0.25) is 9.59 Å². The number of fused-ring (bicyclic) bond motifs is 1. The number of carbonyl (C=O) groups is 1. The van der Waals surface area contributed by atoms with Crippen LogP contribution in [0.1, 0.15) is 57.3 Å². The predicted octanol–water partition coefficient (Wildman–Crippen LogP) is 3.87. The standard InChI is InChI=1S/C21H21F3N4O3/c1-10-7-14(18(29)25-11(10)2)20(30)28-6-4-5-13(9-28)16-8-15(21(22,23)24)17-12(3)27-31-19(17)26-16/h7-8,13H,4-6,9H2,1-3H3,(H,25,29). The van der Waals surface area contributed by atoms with Crippen molar-refractivity contribution in [3.8, 4) is 0 Å². The second kappa shape index (κ2) is 7.51. The third kappa shape index (κ3) is 3.82. The second-order valence-electron chi connectivity index (χ2n) is 7.95. The molecule has 0 saturated carbocycles. The highest BCUT2D eigenvalue weighted by Gasteiger charge is 2.37. The molecule has 0 radical (unpaired) electrons. The van der Waals surface area contributed by atoms with Crippen molar-refractivity contribution in [2.75, 3.05) is 13.1 Å². The summed E-state index contributed by atoms with van der Waals surface area (Å²) in [5, 5.41) is 3.47. The molecule has 1 amide bonds. The zero-order valence-corrected chi connectivity index (χ0v) is 17.3. The number of alkyl halides is 3. The fourth-order valence-corrected chi connectivity index (χ4v) is 4.01. The zero-order chi connectivity index (χ0) is 22.5. The van der Waals surface area contributed by atoms with E-state index in [-0.39, 0.29) is 34.6 Å². The van der Waals surface area contributed by atoms with E-state index < -0.39 is 29.1 Å². The molecule has 164 valence electrons. The second-order valence-corrected chi connectivity index (χ2v) is 7.95. The van der Waals surface area contributed by atoms with Gasteiger partial charge in [-0.15, -0.1) is 0 Å². The lowest BCUT2D eigenvalue weighted by Gasteiger charge is -2.32. The van der Waals surface area contributed by atoms with Crippen molar-refractivity contribution >= 4 is 17.0 Å². The average molecular weight is 434 g/mol. The van der Waals surface area contributed by atoms with Gasteiger partial charge in [0.05, 0.1) is 22.3 Å². The van der Waals surface area contributed by atoms with E-state index in [1.54, 1.807) is 19.9 Å². The fourth-order valence-electron chi connectivity index (χ4n) is 4.01. The van der Waals surface area contributed by atoms with Crippen LogP contribution >= 0.6 is 0 Å². The topological polar surface area (TPSA) is 92.1 Å². The van der Waals surface area contributed by atoms with Crippen LogP contribution in [0.15, 0.2) is 21.5 Å². The number of nitrogens with one attached hydrogen (secondary N) is 1. The van der Waals surface area contributed by atoms with Crippen molar-refractivity contribution in [3.05, 3.63) is 56.3 Å². The molecule has 31 heavy (non-hydrogen) atoms. The molecule has 1 atom stereocenters. The number of aromatic nitrogens is 3. The average Bonchev–Trinajstić information content (AvgIpc) is 3.09. The van der Waals surface area contributed by atoms with E-state index in [4.69, 9.17) is 4.52 Å². The number of piperidine rings is 1. The summed E-state index contributed by atoms with van der Waals surface area (Å²) in [5.41, 5.74) is 0.298. The molecule has 1 fully saturated rings. The highest BCUT2D eigenvalue weighted by molar-refractivity contribution is 5.94. The molecule has 0 spiro atoms. The Morgan fingerprint density at radius 3 is 2.71 bits per heavy atom. The van der Waals surface area contributed by atoms with Crippen LogP contribution in [-0.4, -0.2) is 39.0 Å². The number of hydrogen-bond acceptors (Lipinski definition) is 5. The lowest BCUT2D eigenvalue weighted by molar-refractivity contribution is -0.136. The van der Waals surface area contributed by atoms with Crippen LogP contribution in [0.25, 0.3) is 11.1 Å². The first kappa shape index (κ1) is 21.1. The largest absolute Gasteiger partial charge is 0.417 e. The van der Waals surface area contributed by atoms with Gasteiger partial charge in [0.25, 0.3) is 17.2 Å². The number of H-pyrrole nitrogens is 1. The number of pyridine rings is 2. The normalized spacial score (nSPS) is 17.4. The van der Waals surface area contributed by atoms with Crippen molar-refractivity contribution in [3.63, 3.8) is 0 Å². The Hall–Kier alpha value is -3.17. The minimum absolute atomic E-state index is 0.0222. The van der Waals surface area contributed by atoms with Gasteiger partial charge >= 0.3 is 6.18 Å². The van der Waals surface area contributed by atoms with Crippen LogP contribution in [-0.2, 0) is 6.18 Å². The number of halogens is 3. The molecule has 3 aromatic heterocycles. The molecule has 0 bridgehead atoms. The summed E-state index contributed by atoms with van der Waals surface area (Å²) in [7, 11) is 0. The van der Waals surface area contributed by atoms with Crippen LogP contribution in [0.2, 0.25) is 0 Å². The molecule has 1 saturated heterocycles. The molecule has 7 nitrogen and oxygen atoms in total. The summed E-state index contributed by atoms with van der Waals surface area (Å²) in [5.74, 6) is -0.860. The molecule has 4 rings (SSSR count). The summed E-state index contributed by atoms with van der Waals surface area (Å²) in [4.78, 5) is 33.7. The maximum absolute atomic E-state index is 13.7. The van der Waals surface area contributed by atoms with E-state index in [9.17, 15) is 22.8 Å². The smallest absolute Gasteiger partial charge is 0.338 e. The first-order valence-electron chi connectivity index (χ1n) is 9.90. The Balaban J connectivity index is 1.68. The van der Waals surface area contributed by atoms with Gasteiger partial charge in [-0.1, -0.05) is 5.16 Å². The summed E-state index contributed by atoms with van der Waals surface area (Å²) in [6.45, 7) is 5.54. The van der Waals surface area contributed by atoms with Crippen LogP contribution in [0, 0.1) is 20.8 Å². The molecule has 0 aliphatic carbocycles. The first-order valence-corrected chi connectivity index (χ1v) is 9.90. The van der Waals surface area contributed by atoms with Crippen molar-refractivity contribution in [2.45, 2.75) is 45.7 Å². The van der Waals surface area contributed by atoms with Gasteiger partial charge in [-0.2, -0.15) is 13.2 Å². The number of amides is 1. The lowest BCUT2D eigenvalue weighted by atomic mass is 9.92. The van der Waals surface area contributed by atoms with Gasteiger partial charge in [0.2, 0.25) is 0 Å². The molecule has 1 aliphatic rings. The third-order valence-electron chi connectivity index (χ3n) is 5.80. The van der Waals surface area contributed by atoms with E-state index in [0.29, 0.717) is 25.1 Å². The molecule has 3 aromatic rings. The number of nitrogens with zero attached hydrogens (tertiary/aromatic N) is 3. The Morgan fingerprint density at radius 2 is 2.00 bits per heavy atom. The molecule has 1 unspecified atom stereocenters. The number of aryl methyl sites for hydroxylation is 3. The van der Waals surface area contributed by atoms with Crippen molar-refractivity contribution in [2.24, 2.45) is 0 Å². The Bertz CT molecular complexity index is 1230. The van der Waals surface area contributed by atoms with Gasteiger partial charge in [0, 0.05) is 24.7 Å². The maximum atomic E-state index is 13.7. The fraction of sp³-hybridized carbons (Fsp3) is 0.429. The summed E-state index contributed by atoms with van der Waals surface area (Å²) in [6.07, 6.45) is -3.45. The highest BCUT2D eigenvalue weighted by atomic mass is 19.4. The van der Waals surface area contributed by atoms with Crippen molar-refractivity contribution in [1.82, 2.24) is 20.0 Å².